The molecule has 0 aliphatic heterocycles. The van der Waals surface area contributed by atoms with Crippen LogP contribution >= 0.6 is 11.6 Å². The van der Waals surface area contributed by atoms with Gasteiger partial charge in [-0.05, 0) is 42.3 Å². The molecule has 0 spiro atoms. The molecule has 0 aliphatic carbocycles. The number of rotatable bonds is 4. The summed E-state index contributed by atoms with van der Waals surface area (Å²) in [4.78, 5) is 15.4. The number of aldehydes is 1. The number of carbonyl (C=O) groups excluding carboxylic acids is 1. The van der Waals surface area contributed by atoms with Gasteiger partial charge in [-0.15, -0.1) is 0 Å². The number of halogens is 2. The molecule has 0 amide bonds. The number of carbonyl (C=O) groups is 1. The summed E-state index contributed by atoms with van der Waals surface area (Å²) in [5.41, 5.74) is 2.61. The van der Waals surface area contributed by atoms with E-state index in [-0.39, 0.29) is 5.82 Å². The van der Waals surface area contributed by atoms with E-state index in [0.717, 1.165) is 17.5 Å². The highest BCUT2D eigenvalue weighted by Gasteiger charge is 2.14. The Kier molecular flexibility index (Phi) is 4.26. The molecule has 0 atom stereocenters. The largest absolute Gasteiger partial charge is 0.296 e. The molecule has 23 heavy (non-hydrogen) atoms. The lowest BCUT2D eigenvalue weighted by Gasteiger charge is -2.14. The standard InChI is InChI=1S/C18H14ClFN2O/c1-12-21-10-16(11-23)22(12)18-7-6-15(19)9-14(18)8-13-4-2-3-5-17(13)20/h2-7,9-11H,8H2,1H3. The molecule has 0 unspecified atom stereocenters. The smallest absolute Gasteiger partial charge is 0.168 e. The molecule has 3 nitrogen and oxygen atoms in total. The fourth-order valence-electron chi connectivity index (χ4n) is 2.62. The van der Waals surface area contributed by atoms with Crippen LogP contribution in [0.2, 0.25) is 5.02 Å². The molecule has 0 saturated carbocycles. The van der Waals surface area contributed by atoms with E-state index in [4.69, 9.17) is 11.6 Å². The lowest BCUT2D eigenvalue weighted by molar-refractivity contribution is 0.111. The van der Waals surface area contributed by atoms with Crippen molar-refractivity contribution in [3.05, 3.63) is 82.1 Å². The molecule has 0 bridgehead atoms. The minimum absolute atomic E-state index is 0.267. The summed E-state index contributed by atoms with van der Waals surface area (Å²) in [7, 11) is 0. The fraction of sp³-hybridized carbons (Fsp3) is 0.111. The van der Waals surface area contributed by atoms with Crippen LogP contribution < -0.4 is 0 Å². The highest BCUT2D eigenvalue weighted by molar-refractivity contribution is 6.30. The molecule has 0 aliphatic rings. The van der Waals surface area contributed by atoms with E-state index in [2.05, 4.69) is 4.98 Å². The first-order chi connectivity index (χ1) is 11.1. The average molecular weight is 329 g/mol. The molecule has 5 heteroatoms. The first kappa shape index (κ1) is 15.4. The minimum atomic E-state index is -0.267. The van der Waals surface area contributed by atoms with Gasteiger partial charge in [0, 0.05) is 11.4 Å². The number of aryl methyl sites for hydroxylation is 1. The quantitative estimate of drug-likeness (QED) is 0.666. The maximum atomic E-state index is 14.0. The van der Waals surface area contributed by atoms with E-state index in [1.54, 1.807) is 34.9 Å². The number of hydrogen-bond acceptors (Lipinski definition) is 2. The van der Waals surface area contributed by atoms with Gasteiger partial charge >= 0.3 is 0 Å². The zero-order chi connectivity index (χ0) is 16.4. The van der Waals surface area contributed by atoms with Crippen LogP contribution in [0.4, 0.5) is 4.39 Å². The molecule has 1 aromatic heterocycles. The van der Waals surface area contributed by atoms with Crippen molar-refractivity contribution in [2.24, 2.45) is 0 Å². The van der Waals surface area contributed by atoms with Crippen LogP contribution in [-0.2, 0) is 6.42 Å². The normalized spacial score (nSPS) is 10.7. The number of aromatic nitrogens is 2. The zero-order valence-electron chi connectivity index (χ0n) is 12.5. The second-order valence-corrected chi connectivity index (χ2v) is 5.66. The van der Waals surface area contributed by atoms with Crippen molar-refractivity contribution in [3.8, 4) is 5.69 Å². The van der Waals surface area contributed by atoms with Gasteiger partial charge in [0.25, 0.3) is 0 Å². The highest BCUT2D eigenvalue weighted by atomic mass is 35.5. The fourth-order valence-corrected chi connectivity index (χ4v) is 2.81. The van der Waals surface area contributed by atoms with Gasteiger partial charge in [-0.25, -0.2) is 9.37 Å². The summed E-state index contributed by atoms with van der Waals surface area (Å²) in [6.07, 6.45) is 2.64. The number of imidazole rings is 1. The second kappa shape index (κ2) is 6.34. The summed E-state index contributed by atoms with van der Waals surface area (Å²) in [6, 6.07) is 12.0. The Hall–Kier alpha value is -2.46. The van der Waals surface area contributed by atoms with Gasteiger partial charge < -0.3 is 0 Å². The van der Waals surface area contributed by atoms with Gasteiger partial charge in [-0.3, -0.25) is 9.36 Å². The predicted molar refractivity (Wildman–Crippen MR) is 87.9 cm³/mol. The maximum absolute atomic E-state index is 14.0. The molecular formula is C18H14ClFN2O. The predicted octanol–water partition coefficient (Wildman–Crippen LogP) is 4.38. The molecule has 0 N–H and O–H groups in total. The van der Waals surface area contributed by atoms with Crippen molar-refractivity contribution in [2.45, 2.75) is 13.3 Å². The Morgan fingerprint density at radius 3 is 2.74 bits per heavy atom. The molecule has 2 aromatic carbocycles. The third-order valence-electron chi connectivity index (χ3n) is 3.71. The Bertz CT molecular complexity index is 873. The summed E-state index contributed by atoms with van der Waals surface area (Å²) in [5, 5.41) is 0.561. The SMILES string of the molecule is Cc1ncc(C=O)n1-c1ccc(Cl)cc1Cc1ccccc1F. The first-order valence-corrected chi connectivity index (χ1v) is 7.49. The monoisotopic (exact) mass is 328 g/mol. The third kappa shape index (κ3) is 3.03. The van der Waals surface area contributed by atoms with Crippen LogP contribution in [0.15, 0.2) is 48.7 Å². The Morgan fingerprint density at radius 1 is 1.22 bits per heavy atom. The van der Waals surface area contributed by atoms with Gasteiger partial charge in [-0.2, -0.15) is 0 Å². The molecule has 0 saturated heterocycles. The van der Waals surface area contributed by atoms with Crippen LogP contribution in [0, 0.1) is 12.7 Å². The number of hydrogen-bond donors (Lipinski definition) is 0. The molecule has 3 rings (SSSR count). The Labute approximate surface area is 138 Å². The topological polar surface area (TPSA) is 34.9 Å². The molecule has 0 fully saturated rings. The van der Waals surface area contributed by atoms with Crippen LogP contribution in [0.25, 0.3) is 5.69 Å². The van der Waals surface area contributed by atoms with Gasteiger partial charge in [0.05, 0.1) is 11.9 Å². The summed E-state index contributed by atoms with van der Waals surface area (Å²) in [5.74, 6) is 0.417. The van der Waals surface area contributed by atoms with E-state index >= 15 is 0 Å². The van der Waals surface area contributed by atoms with Crippen LogP contribution in [0.3, 0.4) is 0 Å². The molecule has 1 heterocycles. The second-order valence-electron chi connectivity index (χ2n) is 5.22. The summed E-state index contributed by atoms with van der Waals surface area (Å²) >= 11 is 6.11. The summed E-state index contributed by atoms with van der Waals surface area (Å²) in [6.45, 7) is 1.81. The van der Waals surface area contributed by atoms with E-state index in [1.165, 1.54) is 12.3 Å². The Morgan fingerprint density at radius 2 is 2.00 bits per heavy atom. The number of nitrogens with zero attached hydrogens (tertiary/aromatic N) is 2. The van der Waals surface area contributed by atoms with E-state index < -0.39 is 0 Å². The van der Waals surface area contributed by atoms with Crippen LogP contribution in [0.5, 0.6) is 0 Å². The van der Waals surface area contributed by atoms with Gasteiger partial charge in [0.1, 0.15) is 17.3 Å². The van der Waals surface area contributed by atoms with Crippen molar-refractivity contribution in [1.82, 2.24) is 9.55 Å². The first-order valence-electron chi connectivity index (χ1n) is 7.12. The lowest BCUT2D eigenvalue weighted by Crippen LogP contribution is -2.06. The van der Waals surface area contributed by atoms with E-state index in [0.29, 0.717) is 28.5 Å². The average Bonchev–Trinajstić information content (AvgIpc) is 2.91. The van der Waals surface area contributed by atoms with Crippen LogP contribution in [-0.4, -0.2) is 15.8 Å². The lowest BCUT2D eigenvalue weighted by atomic mass is 10.0. The van der Waals surface area contributed by atoms with Crippen molar-refractivity contribution in [1.29, 1.82) is 0 Å². The molecule has 116 valence electrons. The Balaban J connectivity index is 2.14. The van der Waals surface area contributed by atoms with Gasteiger partial charge in [-0.1, -0.05) is 29.8 Å². The van der Waals surface area contributed by atoms with Crippen molar-refractivity contribution in [3.63, 3.8) is 0 Å². The van der Waals surface area contributed by atoms with Gasteiger partial charge in [0.15, 0.2) is 6.29 Å². The number of benzene rings is 2. The van der Waals surface area contributed by atoms with Crippen molar-refractivity contribution < 1.29 is 9.18 Å². The molecule has 3 aromatic rings. The summed E-state index contributed by atoms with van der Waals surface area (Å²) < 4.78 is 15.7. The van der Waals surface area contributed by atoms with E-state index in [9.17, 15) is 9.18 Å². The zero-order valence-corrected chi connectivity index (χ0v) is 13.2. The molecular weight excluding hydrogens is 315 g/mol. The third-order valence-corrected chi connectivity index (χ3v) is 3.94. The van der Waals surface area contributed by atoms with E-state index in [1.807, 2.05) is 13.0 Å². The minimum Gasteiger partial charge on any atom is -0.296 e. The maximum Gasteiger partial charge on any atom is 0.168 e. The molecule has 0 radical (unpaired) electrons. The van der Waals surface area contributed by atoms with Crippen molar-refractivity contribution in [2.75, 3.05) is 0 Å². The van der Waals surface area contributed by atoms with Gasteiger partial charge in [0.2, 0.25) is 0 Å². The highest BCUT2D eigenvalue weighted by Crippen LogP contribution is 2.25. The van der Waals surface area contributed by atoms with Crippen LogP contribution in [0.1, 0.15) is 27.4 Å². The van der Waals surface area contributed by atoms with Crippen molar-refractivity contribution >= 4 is 17.9 Å².